The molecule has 0 amide bonds. The van der Waals surface area contributed by atoms with Gasteiger partial charge in [0, 0.05) is 23.1 Å². The Morgan fingerprint density at radius 3 is 2.53 bits per heavy atom. The lowest BCUT2D eigenvalue weighted by atomic mass is 10.1. The van der Waals surface area contributed by atoms with Crippen LogP contribution in [-0.2, 0) is 0 Å². The van der Waals surface area contributed by atoms with E-state index < -0.39 is 0 Å². The van der Waals surface area contributed by atoms with Crippen LogP contribution >= 0.6 is 11.8 Å². The molecule has 0 aliphatic rings. The molecule has 0 aliphatic carbocycles. The van der Waals surface area contributed by atoms with Crippen LogP contribution in [0, 0.1) is 0 Å². The van der Waals surface area contributed by atoms with Crippen molar-refractivity contribution in [3.05, 3.63) is 54.2 Å². The summed E-state index contributed by atoms with van der Waals surface area (Å²) in [7, 11) is 0. The molecule has 1 aromatic heterocycles. The summed E-state index contributed by atoms with van der Waals surface area (Å²) in [6, 6.07) is 13.5. The van der Waals surface area contributed by atoms with E-state index in [1.54, 1.807) is 18.0 Å². The SMILES string of the molecule is CCC(=O)c1ccc(Sc2ccccn2)cc1. The molecule has 0 unspecified atom stereocenters. The maximum atomic E-state index is 11.5. The molecule has 86 valence electrons. The number of hydrogen-bond acceptors (Lipinski definition) is 3. The smallest absolute Gasteiger partial charge is 0.162 e. The zero-order chi connectivity index (χ0) is 12.1. The topological polar surface area (TPSA) is 30.0 Å². The van der Waals surface area contributed by atoms with Crippen molar-refractivity contribution in [3.63, 3.8) is 0 Å². The molecule has 0 bridgehead atoms. The van der Waals surface area contributed by atoms with Gasteiger partial charge >= 0.3 is 0 Å². The van der Waals surface area contributed by atoms with Crippen molar-refractivity contribution in [2.75, 3.05) is 0 Å². The van der Waals surface area contributed by atoms with Crippen molar-refractivity contribution in [3.8, 4) is 0 Å². The van der Waals surface area contributed by atoms with Crippen LogP contribution < -0.4 is 0 Å². The number of ketones is 1. The van der Waals surface area contributed by atoms with Crippen molar-refractivity contribution in [2.45, 2.75) is 23.3 Å². The molecule has 0 N–H and O–H groups in total. The quantitative estimate of drug-likeness (QED) is 0.764. The second kappa shape index (κ2) is 5.64. The minimum absolute atomic E-state index is 0.180. The van der Waals surface area contributed by atoms with Crippen LogP contribution in [0.2, 0.25) is 0 Å². The van der Waals surface area contributed by atoms with Crippen LogP contribution in [0.15, 0.2) is 58.6 Å². The zero-order valence-corrected chi connectivity index (χ0v) is 10.4. The van der Waals surface area contributed by atoms with E-state index >= 15 is 0 Å². The Balaban J connectivity index is 2.11. The van der Waals surface area contributed by atoms with Gasteiger partial charge in [0.05, 0.1) is 0 Å². The van der Waals surface area contributed by atoms with Crippen LogP contribution in [0.1, 0.15) is 23.7 Å². The van der Waals surface area contributed by atoms with Gasteiger partial charge in [0.15, 0.2) is 5.78 Å². The number of nitrogens with zero attached hydrogens (tertiary/aromatic N) is 1. The summed E-state index contributed by atoms with van der Waals surface area (Å²) < 4.78 is 0. The van der Waals surface area contributed by atoms with Gasteiger partial charge in [-0.1, -0.05) is 36.9 Å². The molecule has 2 rings (SSSR count). The second-order valence-electron chi connectivity index (χ2n) is 3.57. The normalized spacial score (nSPS) is 10.2. The largest absolute Gasteiger partial charge is 0.294 e. The Bertz CT molecular complexity index is 493. The average molecular weight is 243 g/mol. The first-order chi connectivity index (χ1) is 8.29. The molecule has 0 radical (unpaired) electrons. The third-order valence-electron chi connectivity index (χ3n) is 2.36. The molecule has 0 fully saturated rings. The van der Waals surface area contributed by atoms with E-state index in [1.165, 1.54) is 0 Å². The lowest BCUT2D eigenvalue weighted by Crippen LogP contribution is -1.95. The number of carbonyl (C=O) groups is 1. The van der Waals surface area contributed by atoms with E-state index in [-0.39, 0.29) is 5.78 Å². The molecule has 2 aromatic rings. The van der Waals surface area contributed by atoms with Crippen molar-refractivity contribution in [2.24, 2.45) is 0 Å². The highest BCUT2D eigenvalue weighted by atomic mass is 32.2. The molecule has 0 aliphatic heterocycles. The van der Waals surface area contributed by atoms with Gasteiger partial charge in [0.25, 0.3) is 0 Å². The van der Waals surface area contributed by atoms with E-state index in [0.717, 1.165) is 15.5 Å². The van der Waals surface area contributed by atoms with Crippen molar-refractivity contribution < 1.29 is 4.79 Å². The van der Waals surface area contributed by atoms with E-state index in [2.05, 4.69) is 4.98 Å². The summed E-state index contributed by atoms with van der Waals surface area (Å²) in [6.07, 6.45) is 2.32. The molecular formula is C14H13NOS. The molecule has 3 heteroatoms. The molecule has 0 saturated carbocycles. The van der Waals surface area contributed by atoms with Crippen LogP contribution in [0.25, 0.3) is 0 Å². The van der Waals surface area contributed by atoms with Gasteiger partial charge in [0.2, 0.25) is 0 Å². The van der Waals surface area contributed by atoms with Crippen molar-refractivity contribution in [1.82, 2.24) is 4.98 Å². The minimum Gasteiger partial charge on any atom is -0.294 e. The Labute approximate surface area is 105 Å². The number of pyridine rings is 1. The highest BCUT2D eigenvalue weighted by molar-refractivity contribution is 7.99. The maximum Gasteiger partial charge on any atom is 0.162 e. The molecule has 2 nitrogen and oxygen atoms in total. The fourth-order valence-corrected chi connectivity index (χ4v) is 2.22. The standard InChI is InChI=1S/C14H13NOS/c1-2-13(16)11-6-8-12(9-7-11)17-14-5-3-4-10-15-14/h3-10H,2H2,1H3. The molecule has 0 spiro atoms. The molecule has 1 aromatic carbocycles. The Morgan fingerprint density at radius 2 is 1.94 bits per heavy atom. The summed E-state index contributed by atoms with van der Waals surface area (Å²) in [5.74, 6) is 0.180. The summed E-state index contributed by atoms with van der Waals surface area (Å²) in [6.45, 7) is 1.87. The first-order valence-electron chi connectivity index (χ1n) is 5.51. The van der Waals surface area contributed by atoms with Gasteiger partial charge in [-0.3, -0.25) is 4.79 Å². The summed E-state index contributed by atoms with van der Waals surface area (Å²) in [4.78, 5) is 16.8. The number of hydrogen-bond donors (Lipinski definition) is 0. The van der Waals surface area contributed by atoms with E-state index in [1.807, 2.05) is 49.4 Å². The zero-order valence-electron chi connectivity index (χ0n) is 9.59. The lowest BCUT2D eigenvalue weighted by Gasteiger charge is -2.02. The predicted octanol–water partition coefficient (Wildman–Crippen LogP) is 3.83. The third kappa shape index (κ3) is 3.17. The highest BCUT2D eigenvalue weighted by Crippen LogP contribution is 2.25. The van der Waals surface area contributed by atoms with Crippen molar-refractivity contribution >= 4 is 17.5 Å². The first-order valence-corrected chi connectivity index (χ1v) is 6.33. The Hall–Kier alpha value is -1.61. The number of aromatic nitrogens is 1. The second-order valence-corrected chi connectivity index (χ2v) is 4.66. The number of benzene rings is 1. The van der Waals surface area contributed by atoms with Gasteiger partial charge in [-0.25, -0.2) is 4.98 Å². The van der Waals surface area contributed by atoms with Gasteiger partial charge in [-0.15, -0.1) is 0 Å². The fourth-order valence-electron chi connectivity index (χ4n) is 1.44. The Kier molecular flexibility index (Phi) is 3.94. The molecule has 0 saturated heterocycles. The molecule has 17 heavy (non-hydrogen) atoms. The van der Waals surface area contributed by atoms with Gasteiger partial charge in [-0.2, -0.15) is 0 Å². The third-order valence-corrected chi connectivity index (χ3v) is 3.32. The summed E-state index contributed by atoms with van der Waals surface area (Å²) in [5, 5.41) is 0.960. The molecule has 1 heterocycles. The van der Waals surface area contributed by atoms with Crippen molar-refractivity contribution in [1.29, 1.82) is 0 Å². The maximum absolute atomic E-state index is 11.5. The van der Waals surface area contributed by atoms with Gasteiger partial charge in [-0.05, 0) is 24.3 Å². The van der Waals surface area contributed by atoms with Gasteiger partial charge < -0.3 is 0 Å². The number of carbonyl (C=O) groups excluding carboxylic acids is 1. The Morgan fingerprint density at radius 1 is 1.18 bits per heavy atom. The molecule has 0 atom stereocenters. The average Bonchev–Trinajstić information content (AvgIpc) is 2.40. The lowest BCUT2D eigenvalue weighted by molar-refractivity contribution is 0.0988. The summed E-state index contributed by atoms with van der Waals surface area (Å²) >= 11 is 1.59. The van der Waals surface area contributed by atoms with E-state index in [4.69, 9.17) is 0 Å². The number of Topliss-reactive ketones (excluding diaryl/α,β-unsaturated/α-hetero) is 1. The first kappa shape index (κ1) is 11.9. The van der Waals surface area contributed by atoms with Crippen LogP contribution in [-0.4, -0.2) is 10.8 Å². The molecular weight excluding hydrogens is 230 g/mol. The van der Waals surface area contributed by atoms with Crippen LogP contribution in [0.4, 0.5) is 0 Å². The van der Waals surface area contributed by atoms with E-state index in [9.17, 15) is 4.79 Å². The highest BCUT2D eigenvalue weighted by Gasteiger charge is 2.03. The monoisotopic (exact) mass is 243 g/mol. The minimum atomic E-state index is 0.180. The predicted molar refractivity (Wildman–Crippen MR) is 69.4 cm³/mol. The van der Waals surface area contributed by atoms with Crippen LogP contribution in [0.5, 0.6) is 0 Å². The summed E-state index contributed by atoms with van der Waals surface area (Å²) in [5.41, 5.74) is 0.776. The fraction of sp³-hybridized carbons (Fsp3) is 0.143. The van der Waals surface area contributed by atoms with Gasteiger partial charge in [0.1, 0.15) is 5.03 Å². The van der Waals surface area contributed by atoms with Crippen LogP contribution in [0.3, 0.4) is 0 Å². The number of rotatable bonds is 4. The van der Waals surface area contributed by atoms with E-state index in [0.29, 0.717) is 6.42 Å².